The van der Waals surface area contributed by atoms with Crippen molar-refractivity contribution in [2.75, 3.05) is 32.6 Å². The lowest BCUT2D eigenvalue weighted by molar-refractivity contribution is 0.0768. The first-order valence-corrected chi connectivity index (χ1v) is 11.6. The maximum absolute atomic E-state index is 12.4. The van der Waals surface area contributed by atoms with Crippen molar-refractivity contribution >= 4 is 63.0 Å². The van der Waals surface area contributed by atoms with Crippen LogP contribution in [0, 0.1) is 0 Å². The van der Waals surface area contributed by atoms with Crippen LogP contribution < -0.4 is 10.6 Å². The summed E-state index contributed by atoms with van der Waals surface area (Å²) < 4.78 is 29.3. The summed E-state index contributed by atoms with van der Waals surface area (Å²) in [6, 6.07) is 5.21. The van der Waals surface area contributed by atoms with Crippen LogP contribution in [0.25, 0.3) is 0 Å². The molecule has 1 aromatic rings. The van der Waals surface area contributed by atoms with Gasteiger partial charge in [-0.05, 0) is 44.4 Å². The normalized spacial score (nSPS) is 18.1. The van der Waals surface area contributed by atoms with Crippen LogP contribution in [0.15, 0.2) is 23.2 Å². The maximum Gasteiger partial charge on any atom is 0.191 e. The van der Waals surface area contributed by atoms with Gasteiger partial charge in [-0.3, -0.25) is 4.99 Å². The van der Waals surface area contributed by atoms with Crippen LogP contribution in [0.2, 0.25) is 10.0 Å². The smallest absolute Gasteiger partial charge is 0.191 e. The highest BCUT2D eigenvalue weighted by atomic mass is 127. The summed E-state index contributed by atoms with van der Waals surface area (Å²) in [5, 5.41) is 7.59. The first-order valence-electron chi connectivity index (χ1n) is 8.95. The van der Waals surface area contributed by atoms with Crippen molar-refractivity contribution in [1.82, 2.24) is 10.6 Å². The largest absolute Gasteiger partial charge is 0.381 e. The maximum atomic E-state index is 12.4. The molecule has 1 atom stereocenters. The van der Waals surface area contributed by atoms with Gasteiger partial charge in [0, 0.05) is 36.1 Å². The molecule has 1 aromatic carbocycles. The molecule has 1 fully saturated rings. The summed E-state index contributed by atoms with van der Waals surface area (Å²) in [5.74, 6) is 0.547. The number of rotatable bonds is 6. The van der Waals surface area contributed by atoms with Crippen molar-refractivity contribution in [2.45, 2.75) is 37.5 Å². The predicted molar refractivity (Wildman–Crippen MR) is 127 cm³/mol. The van der Waals surface area contributed by atoms with E-state index in [9.17, 15) is 8.42 Å². The second-order valence-corrected chi connectivity index (χ2v) is 10.0. The van der Waals surface area contributed by atoms with Crippen LogP contribution >= 0.6 is 47.2 Å². The van der Waals surface area contributed by atoms with Gasteiger partial charge in [-0.25, -0.2) is 8.42 Å². The quantitative estimate of drug-likeness (QED) is 0.312. The van der Waals surface area contributed by atoms with Gasteiger partial charge in [-0.2, -0.15) is 0 Å². The van der Waals surface area contributed by atoms with E-state index in [0.717, 1.165) is 5.56 Å². The molecule has 1 saturated heterocycles. The van der Waals surface area contributed by atoms with Crippen molar-refractivity contribution in [3.63, 3.8) is 0 Å². The van der Waals surface area contributed by atoms with E-state index in [0.29, 0.717) is 48.6 Å². The number of hydrogen-bond acceptors (Lipinski definition) is 4. The van der Waals surface area contributed by atoms with E-state index in [2.05, 4.69) is 15.6 Å². The zero-order chi connectivity index (χ0) is 20.1. The van der Waals surface area contributed by atoms with Gasteiger partial charge >= 0.3 is 0 Å². The van der Waals surface area contributed by atoms with Crippen LogP contribution in [0.5, 0.6) is 0 Å². The van der Waals surface area contributed by atoms with Gasteiger partial charge in [0.2, 0.25) is 0 Å². The molecule has 160 valence electrons. The Bertz CT molecular complexity index is 784. The fraction of sp³-hybridized carbons (Fsp3) is 0.611. The van der Waals surface area contributed by atoms with E-state index < -0.39 is 14.6 Å². The Morgan fingerprint density at radius 2 is 1.96 bits per heavy atom. The molecule has 0 amide bonds. The van der Waals surface area contributed by atoms with Gasteiger partial charge in [-0.15, -0.1) is 24.0 Å². The summed E-state index contributed by atoms with van der Waals surface area (Å²) in [6.45, 7) is 5.63. The van der Waals surface area contributed by atoms with Crippen LogP contribution in [0.1, 0.15) is 38.3 Å². The molecule has 0 saturated carbocycles. The molecule has 0 aromatic heterocycles. The average Bonchev–Trinajstić information content (AvgIpc) is 2.59. The number of hydrogen-bond donors (Lipinski definition) is 2. The fourth-order valence-electron chi connectivity index (χ4n) is 3.07. The van der Waals surface area contributed by atoms with E-state index in [1.165, 1.54) is 6.26 Å². The molecule has 2 rings (SSSR count). The molecule has 10 heteroatoms. The molecule has 28 heavy (non-hydrogen) atoms. The highest BCUT2D eigenvalue weighted by molar-refractivity contribution is 14.0. The zero-order valence-corrected chi connectivity index (χ0v) is 21.0. The van der Waals surface area contributed by atoms with E-state index in [1.54, 1.807) is 12.1 Å². The summed E-state index contributed by atoms with van der Waals surface area (Å²) in [5.41, 5.74) is 0.885. The second-order valence-electron chi connectivity index (χ2n) is 6.79. The number of halogens is 3. The van der Waals surface area contributed by atoms with E-state index in [-0.39, 0.29) is 36.6 Å². The third kappa shape index (κ3) is 6.62. The van der Waals surface area contributed by atoms with Crippen LogP contribution in [-0.2, 0) is 14.6 Å². The highest BCUT2D eigenvalue weighted by Crippen LogP contribution is 2.30. The Labute approximate surface area is 194 Å². The lowest BCUT2D eigenvalue weighted by atomic mass is 9.99. The van der Waals surface area contributed by atoms with Crippen LogP contribution in [0.4, 0.5) is 0 Å². The van der Waals surface area contributed by atoms with Gasteiger partial charge in [-0.1, -0.05) is 29.3 Å². The molecule has 0 spiro atoms. The summed E-state index contributed by atoms with van der Waals surface area (Å²) >= 11 is 12.3. The summed E-state index contributed by atoms with van der Waals surface area (Å²) in [6.07, 6.45) is 2.19. The first-order chi connectivity index (χ1) is 12.7. The van der Waals surface area contributed by atoms with Crippen molar-refractivity contribution in [3.8, 4) is 0 Å². The molecule has 1 heterocycles. The van der Waals surface area contributed by atoms with E-state index in [1.807, 2.05) is 19.9 Å². The predicted octanol–water partition coefficient (Wildman–Crippen LogP) is 3.82. The highest BCUT2D eigenvalue weighted by Gasteiger charge is 2.42. The van der Waals surface area contributed by atoms with Gasteiger partial charge in [0.25, 0.3) is 0 Å². The number of nitrogens with one attached hydrogen (secondary N) is 2. The van der Waals surface area contributed by atoms with Crippen molar-refractivity contribution < 1.29 is 13.2 Å². The van der Waals surface area contributed by atoms with Crippen LogP contribution in [-0.4, -0.2) is 51.7 Å². The molecule has 6 nitrogen and oxygen atoms in total. The van der Waals surface area contributed by atoms with Crippen LogP contribution in [0.3, 0.4) is 0 Å². The molecular weight excluding hydrogens is 536 g/mol. The molecule has 0 aliphatic carbocycles. The topological polar surface area (TPSA) is 79.8 Å². The summed E-state index contributed by atoms with van der Waals surface area (Å²) in [7, 11) is -3.27. The van der Waals surface area contributed by atoms with Gasteiger partial charge < -0.3 is 15.4 Å². The number of sulfone groups is 1. The number of benzene rings is 1. The Hall–Kier alpha value is -0.290. The minimum atomic E-state index is -3.27. The minimum Gasteiger partial charge on any atom is -0.381 e. The first kappa shape index (κ1) is 25.7. The Kier molecular flexibility index (Phi) is 10.3. The monoisotopic (exact) mass is 563 g/mol. The van der Waals surface area contributed by atoms with E-state index >= 15 is 0 Å². The van der Waals surface area contributed by atoms with Gasteiger partial charge in [0.15, 0.2) is 15.8 Å². The molecule has 1 aliphatic rings. The molecule has 2 N–H and O–H groups in total. The zero-order valence-electron chi connectivity index (χ0n) is 16.3. The van der Waals surface area contributed by atoms with Crippen molar-refractivity contribution in [3.05, 3.63) is 33.8 Å². The molecule has 1 aliphatic heterocycles. The Balaban J connectivity index is 0.00000392. The lowest BCUT2D eigenvalue weighted by Crippen LogP contribution is -2.47. The van der Waals surface area contributed by atoms with Crippen molar-refractivity contribution in [1.29, 1.82) is 0 Å². The SMILES string of the molecule is CCNC(=NCC1(S(C)(=O)=O)CCOCC1)NC(C)c1ccc(Cl)cc1Cl.I. The number of aliphatic imine (C=N–C) groups is 1. The van der Waals surface area contributed by atoms with Gasteiger partial charge in [0.1, 0.15) is 0 Å². The molecule has 0 radical (unpaired) electrons. The molecule has 0 bridgehead atoms. The van der Waals surface area contributed by atoms with Gasteiger partial charge in [0.05, 0.1) is 17.3 Å². The second kappa shape index (κ2) is 11.2. The fourth-order valence-corrected chi connectivity index (χ4v) is 4.85. The third-order valence-electron chi connectivity index (χ3n) is 4.84. The number of ether oxygens (including phenoxy) is 1. The molecular formula is C18H28Cl2IN3O3S. The Morgan fingerprint density at radius 3 is 2.50 bits per heavy atom. The van der Waals surface area contributed by atoms with Crippen molar-refractivity contribution in [2.24, 2.45) is 4.99 Å². The Morgan fingerprint density at radius 1 is 1.32 bits per heavy atom. The summed E-state index contributed by atoms with van der Waals surface area (Å²) in [4.78, 5) is 4.58. The standard InChI is InChI=1S/C18H27Cl2N3O3S.HI/c1-4-21-17(23-13(2)15-6-5-14(19)11-16(15)20)22-12-18(27(3,24)25)7-9-26-10-8-18;/h5-6,11,13H,4,7-10,12H2,1-3H3,(H2,21,22,23);1H. The third-order valence-corrected chi connectivity index (χ3v) is 7.52. The van der Waals surface area contributed by atoms with E-state index in [4.69, 9.17) is 27.9 Å². The average molecular weight is 564 g/mol. The number of guanidine groups is 1. The lowest BCUT2D eigenvalue weighted by Gasteiger charge is -2.34. The number of nitrogens with zero attached hydrogens (tertiary/aromatic N) is 1. The minimum absolute atomic E-state index is 0. The molecule has 1 unspecified atom stereocenters.